The summed E-state index contributed by atoms with van der Waals surface area (Å²) < 4.78 is 10.9. The fourth-order valence-electron chi connectivity index (χ4n) is 2.02. The molecule has 3 aromatic rings. The zero-order chi connectivity index (χ0) is 15.5. The maximum absolute atomic E-state index is 12.1. The lowest BCUT2D eigenvalue weighted by molar-refractivity contribution is -0.113. The van der Waals surface area contributed by atoms with Crippen LogP contribution < -0.4 is 10.4 Å². The van der Waals surface area contributed by atoms with Gasteiger partial charge in [0.2, 0.25) is 0 Å². The van der Waals surface area contributed by atoms with Crippen LogP contribution in [0.5, 0.6) is 5.75 Å². The molecule has 0 saturated carbocycles. The zero-order valence-electron chi connectivity index (χ0n) is 11.6. The molecule has 1 atom stereocenters. The Morgan fingerprint density at radius 3 is 3.00 bits per heavy atom. The molecule has 0 amide bonds. The van der Waals surface area contributed by atoms with E-state index in [1.807, 2.05) is 6.92 Å². The summed E-state index contributed by atoms with van der Waals surface area (Å²) in [6.45, 7) is 1.83. The second-order valence-electron chi connectivity index (χ2n) is 4.57. The Morgan fingerprint density at radius 1 is 1.45 bits per heavy atom. The van der Waals surface area contributed by atoms with Crippen molar-refractivity contribution in [3.8, 4) is 17.1 Å². The average Bonchev–Trinajstić information content (AvgIpc) is 3.06. The number of H-pyrrole nitrogens is 1. The van der Waals surface area contributed by atoms with E-state index in [9.17, 15) is 9.59 Å². The second-order valence-corrected chi connectivity index (χ2v) is 4.57. The Balaban J connectivity index is 2.12. The maximum Gasteiger partial charge on any atom is 0.347 e. The smallest absolute Gasteiger partial charge is 0.347 e. The van der Waals surface area contributed by atoms with Gasteiger partial charge in [-0.25, -0.2) is 9.89 Å². The highest BCUT2D eigenvalue weighted by molar-refractivity contribution is 5.85. The van der Waals surface area contributed by atoms with Gasteiger partial charge in [0.25, 0.3) is 0 Å². The molecule has 2 heterocycles. The van der Waals surface area contributed by atoms with Crippen molar-refractivity contribution in [3.05, 3.63) is 34.7 Å². The molecule has 0 spiro atoms. The molecule has 2 aromatic heterocycles. The number of aromatic nitrogens is 4. The molecule has 0 aliphatic heterocycles. The summed E-state index contributed by atoms with van der Waals surface area (Å²) in [4.78, 5) is 23.0. The molecule has 0 radical (unpaired) electrons. The van der Waals surface area contributed by atoms with Gasteiger partial charge in [0.15, 0.2) is 29.5 Å². The Hall–Kier alpha value is -3.03. The molecular weight excluding hydrogens is 288 g/mol. The molecule has 3 rings (SSSR count). The molecule has 1 N–H and O–H groups in total. The summed E-state index contributed by atoms with van der Waals surface area (Å²) in [6.07, 6.45) is 0.645. The minimum atomic E-state index is -0.596. The summed E-state index contributed by atoms with van der Waals surface area (Å²) in [7, 11) is 0. The van der Waals surface area contributed by atoms with Gasteiger partial charge >= 0.3 is 5.63 Å². The first-order valence-corrected chi connectivity index (χ1v) is 6.66. The van der Waals surface area contributed by atoms with Crippen molar-refractivity contribution in [3.63, 3.8) is 0 Å². The zero-order valence-corrected chi connectivity index (χ0v) is 11.6. The van der Waals surface area contributed by atoms with E-state index < -0.39 is 11.7 Å². The Morgan fingerprint density at radius 2 is 2.32 bits per heavy atom. The number of aromatic amines is 1. The molecule has 8 heteroatoms. The van der Waals surface area contributed by atoms with E-state index in [4.69, 9.17) is 9.15 Å². The van der Waals surface area contributed by atoms with Crippen molar-refractivity contribution in [2.45, 2.75) is 19.4 Å². The van der Waals surface area contributed by atoms with Crippen LogP contribution in [-0.4, -0.2) is 33.0 Å². The highest BCUT2D eigenvalue weighted by Crippen LogP contribution is 2.27. The van der Waals surface area contributed by atoms with Crippen molar-refractivity contribution in [1.82, 2.24) is 20.6 Å². The Kier molecular flexibility index (Phi) is 3.65. The lowest BCUT2D eigenvalue weighted by Crippen LogP contribution is -2.17. The molecule has 1 unspecified atom stereocenters. The van der Waals surface area contributed by atoms with E-state index in [0.717, 1.165) is 0 Å². The molecule has 0 aliphatic rings. The standard InChI is InChI=1S/C14H12N4O4/c1-2-9(7-19)21-11-5-3-4-8-6-10(13-15-17-18-16-13)14(20)22-12(8)11/h3-7,9H,2H2,1H3,(H,15,16,17,18). The van der Waals surface area contributed by atoms with Gasteiger partial charge in [-0.3, -0.25) is 4.79 Å². The van der Waals surface area contributed by atoms with Crippen molar-refractivity contribution >= 4 is 17.3 Å². The number of carbonyl (C=O) groups is 1. The summed E-state index contributed by atoms with van der Waals surface area (Å²) in [5, 5.41) is 13.7. The van der Waals surface area contributed by atoms with Crippen LogP contribution in [0.2, 0.25) is 0 Å². The molecule has 0 fully saturated rings. The highest BCUT2D eigenvalue weighted by atomic mass is 16.5. The SMILES string of the molecule is CCC(C=O)Oc1cccc2cc(-c3nnn[nH]3)c(=O)oc12. The molecule has 0 aliphatic carbocycles. The van der Waals surface area contributed by atoms with Crippen LogP contribution in [0.15, 0.2) is 33.5 Å². The molecule has 0 saturated heterocycles. The largest absolute Gasteiger partial charge is 0.479 e. The van der Waals surface area contributed by atoms with Gasteiger partial charge in [-0.15, -0.1) is 5.10 Å². The average molecular weight is 300 g/mol. The number of ether oxygens (including phenoxy) is 1. The van der Waals surface area contributed by atoms with Gasteiger partial charge in [0.1, 0.15) is 5.56 Å². The topological polar surface area (TPSA) is 111 Å². The van der Waals surface area contributed by atoms with Gasteiger partial charge in [-0.2, -0.15) is 0 Å². The number of hydrogen-bond acceptors (Lipinski definition) is 7. The lowest BCUT2D eigenvalue weighted by Gasteiger charge is -2.12. The first-order valence-electron chi connectivity index (χ1n) is 6.66. The number of rotatable bonds is 5. The van der Waals surface area contributed by atoms with E-state index in [1.165, 1.54) is 0 Å². The van der Waals surface area contributed by atoms with Crippen LogP contribution in [0.4, 0.5) is 0 Å². The van der Waals surface area contributed by atoms with Crippen molar-refractivity contribution < 1.29 is 13.9 Å². The van der Waals surface area contributed by atoms with Crippen molar-refractivity contribution in [1.29, 1.82) is 0 Å². The predicted octanol–water partition coefficient (Wildman–Crippen LogP) is 1.33. The normalized spacial score (nSPS) is 12.2. The van der Waals surface area contributed by atoms with E-state index in [2.05, 4.69) is 20.6 Å². The molecule has 1 aromatic carbocycles. The first-order chi connectivity index (χ1) is 10.7. The Bertz CT molecular complexity index is 857. The fourth-order valence-corrected chi connectivity index (χ4v) is 2.02. The molecule has 0 bridgehead atoms. The Labute approximate surface area is 124 Å². The van der Waals surface area contributed by atoms with Crippen LogP contribution in [0, 0.1) is 0 Å². The van der Waals surface area contributed by atoms with Gasteiger partial charge in [0.05, 0.1) is 0 Å². The number of para-hydroxylation sites is 1. The summed E-state index contributed by atoms with van der Waals surface area (Å²) in [6, 6.07) is 6.77. The second kappa shape index (κ2) is 5.76. The van der Waals surface area contributed by atoms with E-state index in [0.29, 0.717) is 23.8 Å². The van der Waals surface area contributed by atoms with Crippen LogP contribution in [0.25, 0.3) is 22.4 Å². The quantitative estimate of drug-likeness (QED) is 0.559. The molecule has 112 valence electrons. The van der Waals surface area contributed by atoms with E-state index in [1.54, 1.807) is 24.3 Å². The van der Waals surface area contributed by atoms with Crippen LogP contribution in [0.3, 0.4) is 0 Å². The number of hydrogen-bond donors (Lipinski definition) is 1. The number of aldehydes is 1. The predicted molar refractivity (Wildman–Crippen MR) is 76.4 cm³/mol. The third kappa shape index (κ3) is 2.46. The van der Waals surface area contributed by atoms with Crippen LogP contribution in [0.1, 0.15) is 13.3 Å². The summed E-state index contributed by atoms with van der Waals surface area (Å²) in [5.41, 5.74) is -0.0950. The maximum atomic E-state index is 12.1. The monoisotopic (exact) mass is 300 g/mol. The molecule has 8 nitrogen and oxygen atoms in total. The van der Waals surface area contributed by atoms with Gasteiger partial charge in [-0.05, 0) is 29.0 Å². The third-order valence-corrected chi connectivity index (χ3v) is 3.16. The van der Waals surface area contributed by atoms with Crippen molar-refractivity contribution in [2.75, 3.05) is 0 Å². The summed E-state index contributed by atoms with van der Waals surface area (Å²) in [5.74, 6) is 0.567. The van der Waals surface area contributed by atoms with E-state index >= 15 is 0 Å². The third-order valence-electron chi connectivity index (χ3n) is 3.16. The summed E-state index contributed by atoms with van der Waals surface area (Å²) >= 11 is 0. The minimum Gasteiger partial charge on any atom is -0.479 e. The number of tetrazole rings is 1. The number of carbonyl (C=O) groups excluding carboxylic acids is 1. The van der Waals surface area contributed by atoms with Gasteiger partial charge in [0, 0.05) is 5.39 Å². The number of nitrogens with zero attached hydrogens (tertiary/aromatic N) is 3. The molecular formula is C14H12N4O4. The van der Waals surface area contributed by atoms with Gasteiger partial charge < -0.3 is 9.15 Å². The fraction of sp³-hybridized carbons (Fsp3) is 0.214. The van der Waals surface area contributed by atoms with E-state index in [-0.39, 0.29) is 17.0 Å². The first kappa shape index (κ1) is 13.9. The number of benzene rings is 1. The molecule has 22 heavy (non-hydrogen) atoms. The highest BCUT2D eigenvalue weighted by Gasteiger charge is 2.15. The van der Waals surface area contributed by atoms with Crippen molar-refractivity contribution in [2.24, 2.45) is 0 Å². The number of fused-ring (bicyclic) bond motifs is 1. The minimum absolute atomic E-state index is 0.220. The van der Waals surface area contributed by atoms with Gasteiger partial charge in [-0.1, -0.05) is 19.1 Å². The lowest BCUT2D eigenvalue weighted by atomic mass is 10.1. The van der Waals surface area contributed by atoms with Crippen LogP contribution >= 0.6 is 0 Å². The van der Waals surface area contributed by atoms with Crippen LogP contribution in [-0.2, 0) is 4.79 Å². The number of nitrogens with one attached hydrogen (secondary N) is 1.